The van der Waals surface area contributed by atoms with Crippen LogP contribution in [0.2, 0.25) is 0 Å². The molecule has 2 aliphatic rings. The minimum Gasteiger partial charge on any atom is -0.357 e. The minimum absolute atomic E-state index is 0.0649. The summed E-state index contributed by atoms with van der Waals surface area (Å²) in [5.41, 5.74) is 0.469. The Labute approximate surface area is 155 Å². The van der Waals surface area contributed by atoms with Gasteiger partial charge in [-0.2, -0.15) is 0 Å². The first kappa shape index (κ1) is 17.9. The van der Waals surface area contributed by atoms with Crippen molar-refractivity contribution >= 4 is 33.7 Å². The van der Waals surface area contributed by atoms with Crippen molar-refractivity contribution in [1.29, 1.82) is 0 Å². The van der Waals surface area contributed by atoms with Crippen LogP contribution in [0.25, 0.3) is 0 Å². The van der Waals surface area contributed by atoms with Crippen LogP contribution in [0.15, 0.2) is 28.7 Å². The Morgan fingerprint density at radius 3 is 2.52 bits per heavy atom. The van der Waals surface area contributed by atoms with Crippen LogP contribution in [0.5, 0.6) is 0 Å². The van der Waals surface area contributed by atoms with E-state index in [2.05, 4.69) is 26.6 Å². The third kappa shape index (κ3) is 3.56. The van der Waals surface area contributed by atoms with Crippen LogP contribution >= 0.6 is 15.9 Å². The van der Waals surface area contributed by atoms with Crippen LogP contribution in [0.4, 0.5) is 0 Å². The number of likely N-dealkylation sites (N-methyl/N-ethyl adjacent to an activating group) is 1. The van der Waals surface area contributed by atoms with Gasteiger partial charge in [0.05, 0.1) is 12.0 Å². The van der Waals surface area contributed by atoms with Crippen LogP contribution in [-0.2, 0) is 19.8 Å². The lowest BCUT2D eigenvalue weighted by Crippen LogP contribution is -2.49. The van der Waals surface area contributed by atoms with Crippen molar-refractivity contribution in [3.63, 3.8) is 0 Å². The fraction of sp³-hybridized carbons (Fsp3) is 0.500. The lowest BCUT2D eigenvalue weighted by atomic mass is 9.95. The van der Waals surface area contributed by atoms with E-state index in [1.807, 2.05) is 24.3 Å². The Morgan fingerprint density at radius 2 is 1.92 bits per heavy atom. The van der Waals surface area contributed by atoms with Crippen LogP contribution in [-0.4, -0.2) is 48.8 Å². The van der Waals surface area contributed by atoms with E-state index in [0.29, 0.717) is 13.0 Å². The Hall–Kier alpha value is -1.89. The number of rotatable bonds is 5. The molecule has 0 aromatic heterocycles. The van der Waals surface area contributed by atoms with Crippen molar-refractivity contribution in [3.05, 3.63) is 34.3 Å². The largest absolute Gasteiger partial charge is 0.357 e. The van der Waals surface area contributed by atoms with Crippen molar-refractivity contribution < 1.29 is 14.4 Å². The van der Waals surface area contributed by atoms with Gasteiger partial charge in [0.1, 0.15) is 6.04 Å². The molecule has 1 aliphatic heterocycles. The Kier molecular flexibility index (Phi) is 5.13. The second kappa shape index (κ2) is 7.15. The predicted molar refractivity (Wildman–Crippen MR) is 96.9 cm³/mol. The smallest absolute Gasteiger partial charge is 0.242 e. The van der Waals surface area contributed by atoms with Gasteiger partial charge in [0.15, 0.2) is 0 Å². The minimum atomic E-state index is -0.508. The summed E-state index contributed by atoms with van der Waals surface area (Å²) in [5.74, 6) is -0.462. The highest BCUT2D eigenvalue weighted by atomic mass is 79.9. The van der Waals surface area contributed by atoms with Gasteiger partial charge in [-0.15, -0.1) is 0 Å². The highest BCUT2D eigenvalue weighted by Crippen LogP contribution is 2.48. The molecule has 1 atom stereocenters. The quantitative estimate of drug-likeness (QED) is 0.772. The topological polar surface area (TPSA) is 78.5 Å². The number of hydrogen-bond donors (Lipinski definition) is 2. The summed E-state index contributed by atoms with van der Waals surface area (Å²) < 4.78 is 0.969. The fourth-order valence-corrected chi connectivity index (χ4v) is 3.74. The highest BCUT2D eigenvalue weighted by molar-refractivity contribution is 9.10. The van der Waals surface area contributed by atoms with Gasteiger partial charge in [-0.1, -0.05) is 28.1 Å². The maximum Gasteiger partial charge on any atom is 0.242 e. The maximum atomic E-state index is 12.6. The van der Waals surface area contributed by atoms with Gasteiger partial charge < -0.3 is 15.5 Å². The molecule has 25 heavy (non-hydrogen) atoms. The third-order valence-electron chi connectivity index (χ3n) is 5.10. The van der Waals surface area contributed by atoms with Gasteiger partial charge >= 0.3 is 0 Å². The average Bonchev–Trinajstić information content (AvgIpc) is 3.28. The van der Waals surface area contributed by atoms with Crippen LogP contribution in [0, 0.1) is 0 Å². The molecule has 1 unspecified atom stereocenters. The number of carbonyl (C=O) groups excluding carboxylic acids is 3. The summed E-state index contributed by atoms with van der Waals surface area (Å²) >= 11 is 3.40. The molecule has 6 nitrogen and oxygen atoms in total. The molecule has 1 aliphatic carbocycles. The van der Waals surface area contributed by atoms with E-state index >= 15 is 0 Å². The maximum absolute atomic E-state index is 12.6. The van der Waals surface area contributed by atoms with Gasteiger partial charge in [-0.05, 0) is 43.4 Å². The number of hydrogen-bond acceptors (Lipinski definition) is 3. The van der Waals surface area contributed by atoms with Gasteiger partial charge in [-0.25, -0.2) is 0 Å². The van der Waals surface area contributed by atoms with E-state index < -0.39 is 11.5 Å². The SMILES string of the molecule is CNC(=O)C1CCCN1C(=O)CNC(=O)C1(c2ccc(Br)cc2)CC1. The molecule has 134 valence electrons. The molecule has 1 aromatic carbocycles. The average molecular weight is 408 g/mol. The van der Waals surface area contributed by atoms with E-state index in [1.165, 1.54) is 0 Å². The first-order valence-corrected chi connectivity index (χ1v) is 9.32. The Bertz CT molecular complexity index is 685. The van der Waals surface area contributed by atoms with E-state index in [9.17, 15) is 14.4 Å². The van der Waals surface area contributed by atoms with E-state index in [0.717, 1.165) is 29.3 Å². The van der Waals surface area contributed by atoms with Crippen LogP contribution in [0.1, 0.15) is 31.2 Å². The molecule has 2 fully saturated rings. The molecule has 0 spiro atoms. The molecule has 1 saturated heterocycles. The molecule has 1 saturated carbocycles. The van der Waals surface area contributed by atoms with Crippen molar-refractivity contribution in [2.45, 2.75) is 37.1 Å². The second-order valence-corrected chi connectivity index (χ2v) is 7.55. The molecule has 0 radical (unpaired) electrons. The molecule has 3 rings (SSSR count). The standard InChI is InChI=1S/C18H22BrN3O3/c1-20-16(24)14-3-2-10-22(14)15(23)11-21-17(25)18(8-9-18)12-4-6-13(19)7-5-12/h4-7,14H,2-3,8-11H2,1H3,(H,20,24)(H,21,25). The van der Waals surface area contributed by atoms with Crippen LogP contribution < -0.4 is 10.6 Å². The lowest BCUT2D eigenvalue weighted by Gasteiger charge is -2.24. The number of nitrogens with zero attached hydrogens (tertiary/aromatic N) is 1. The van der Waals surface area contributed by atoms with Crippen molar-refractivity contribution in [2.75, 3.05) is 20.1 Å². The van der Waals surface area contributed by atoms with E-state index in [-0.39, 0.29) is 24.3 Å². The number of benzene rings is 1. The molecular formula is C18H22BrN3O3. The number of halogens is 1. The first-order valence-electron chi connectivity index (χ1n) is 8.53. The normalized spacial score (nSPS) is 20.9. The molecule has 1 heterocycles. The summed E-state index contributed by atoms with van der Waals surface area (Å²) in [6, 6.07) is 7.31. The summed E-state index contributed by atoms with van der Waals surface area (Å²) in [4.78, 5) is 38.5. The zero-order chi connectivity index (χ0) is 18.0. The highest BCUT2D eigenvalue weighted by Gasteiger charge is 2.51. The zero-order valence-electron chi connectivity index (χ0n) is 14.2. The molecule has 7 heteroatoms. The summed E-state index contributed by atoms with van der Waals surface area (Å²) in [5, 5.41) is 5.37. The number of carbonyl (C=O) groups is 3. The third-order valence-corrected chi connectivity index (χ3v) is 5.63. The fourth-order valence-electron chi connectivity index (χ4n) is 3.47. The van der Waals surface area contributed by atoms with Crippen molar-refractivity contribution in [2.24, 2.45) is 0 Å². The first-order chi connectivity index (χ1) is 12.0. The summed E-state index contributed by atoms with van der Waals surface area (Å²) in [7, 11) is 1.57. The molecule has 0 bridgehead atoms. The van der Waals surface area contributed by atoms with Gasteiger partial charge in [0, 0.05) is 18.1 Å². The van der Waals surface area contributed by atoms with Gasteiger partial charge in [0.25, 0.3) is 0 Å². The van der Waals surface area contributed by atoms with Crippen molar-refractivity contribution in [3.8, 4) is 0 Å². The summed E-state index contributed by atoms with van der Waals surface area (Å²) in [6.07, 6.45) is 3.06. The number of likely N-dealkylation sites (tertiary alicyclic amines) is 1. The molecule has 1 aromatic rings. The lowest BCUT2D eigenvalue weighted by molar-refractivity contribution is -0.138. The van der Waals surface area contributed by atoms with Crippen molar-refractivity contribution in [1.82, 2.24) is 15.5 Å². The van der Waals surface area contributed by atoms with Crippen LogP contribution in [0.3, 0.4) is 0 Å². The van der Waals surface area contributed by atoms with E-state index in [1.54, 1.807) is 11.9 Å². The predicted octanol–water partition coefficient (Wildman–Crippen LogP) is 1.33. The molecule has 2 N–H and O–H groups in total. The molecule has 3 amide bonds. The monoisotopic (exact) mass is 407 g/mol. The number of nitrogens with one attached hydrogen (secondary N) is 2. The number of amides is 3. The second-order valence-electron chi connectivity index (χ2n) is 6.63. The summed E-state index contributed by atoms with van der Waals surface area (Å²) in [6.45, 7) is 0.495. The molecular weight excluding hydrogens is 386 g/mol. The van der Waals surface area contributed by atoms with Gasteiger partial charge in [-0.3, -0.25) is 14.4 Å². The Morgan fingerprint density at radius 1 is 1.24 bits per heavy atom. The van der Waals surface area contributed by atoms with E-state index in [4.69, 9.17) is 0 Å². The van der Waals surface area contributed by atoms with Gasteiger partial charge in [0.2, 0.25) is 17.7 Å². The zero-order valence-corrected chi connectivity index (χ0v) is 15.8. The Balaban J connectivity index is 1.59.